The van der Waals surface area contributed by atoms with Gasteiger partial charge in [-0.15, -0.1) is 11.3 Å². The highest BCUT2D eigenvalue weighted by Crippen LogP contribution is 2.22. The third-order valence-corrected chi connectivity index (χ3v) is 4.94. The fraction of sp³-hybridized carbons (Fsp3) is 0.389. The van der Waals surface area contributed by atoms with Gasteiger partial charge in [0.25, 0.3) is 5.91 Å². The number of halogens is 2. The van der Waals surface area contributed by atoms with Crippen molar-refractivity contribution in [2.75, 3.05) is 6.54 Å². The quantitative estimate of drug-likeness (QED) is 0.754. The first-order chi connectivity index (χ1) is 12.3. The minimum absolute atomic E-state index is 0.0102. The van der Waals surface area contributed by atoms with Crippen LogP contribution in [0.2, 0.25) is 0 Å². The highest BCUT2D eigenvalue weighted by atomic mass is 32.1. The maximum absolute atomic E-state index is 13.4. The van der Waals surface area contributed by atoms with E-state index in [1.165, 1.54) is 22.3 Å². The molecule has 1 aromatic carbocycles. The molecule has 0 saturated carbocycles. The van der Waals surface area contributed by atoms with Gasteiger partial charge in [-0.05, 0) is 37.5 Å². The molecule has 2 rings (SSSR count). The number of benzene rings is 1. The van der Waals surface area contributed by atoms with E-state index < -0.39 is 17.6 Å². The Balaban J connectivity index is 2.26. The number of hydrogen-bond donors (Lipinski definition) is 1. The maximum Gasteiger partial charge on any atom is 0.305 e. The average Bonchev–Trinajstić information content (AvgIpc) is 2.94. The summed E-state index contributed by atoms with van der Waals surface area (Å²) in [6, 6.07) is 3.38. The number of carbonyl (C=O) groups is 2. The summed E-state index contributed by atoms with van der Waals surface area (Å²) in [5.41, 5.74) is 0.979. The number of hydrogen-bond acceptors (Lipinski definition) is 4. The van der Waals surface area contributed by atoms with Crippen molar-refractivity contribution >= 4 is 23.2 Å². The van der Waals surface area contributed by atoms with Crippen LogP contribution in [0.3, 0.4) is 0 Å². The number of carboxylic acid groups (broad SMARTS) is 1. The zero-order valence-electron chi connectivity index (χ0n) is 14.6. The normalized spacial score (nSPS) is 10.8. The molecule has 140 valence electrons. The summed E-state index contributed by atoms with van der Waals surface area (Å²) < 4.78 is 26.5. The number of thiazole rings is 1. The first-order valence-electron chi connectivity index (χ1n) is 8.23. The minimum atomic E-state index is -1.04. The largest absolute Gasteiger partial charge is 0.481 e. The van der Waals surface area contributed by atoms with Crippen LogP contribution >= 0.6 is 11.3 Å². The molecule has 8 heteroatoms. The predicted molar refractivity (Wildman–Crippen MR) is 94.2 cm³/mol. The van der Waals surface area contributed by atoms with E-state index in [0.717, 1.165) is 30.0 Å². The van der Waals surface area contributed by atoms with Crippen molar-refractivity contribution in [3.05, 3.63) is 51.0 Å². The number of carboxylic acids is 1. The van der Waals surface area contributed by atoms with Crippen LogP contribution in [0.15, 0.2) is 18.2 Å². The zero-order valence-corrected chi connectivity index (χ0v) is 15.4. The zero-order chi connectivity index (χ0) is 19.3. The number of carbonyl (C=O) groups excluding carboxylic acids is 1. The van der Waals surface area contributed by atoms with E-state index in [9.17, 15) is 18.4 Å². The standard InChI is InChI=1S/C18H20F2N2O3S/c1-3-4-15-21-11(2)17(26-15)18(25)22(8-7-16(23)24)10-12-5-6-13(19)14(20)9-12/h5-6,9H,3-4,7-8,10H2,1-2H3,(H,23,24). The minimum Gasteiger partial charge on any atom is -0.481 e. The molecule has 1 amide bonds. The van der Waals surface area contributed by atoms with Crippen molar-refractivity contribution in [2.24, 2.45) is 0 Å². The lowest BCUT2D eigenvalue weighted by Gasteiger charge is -2.22. The van der Waals surface area contributed by atoms with E-state index in [0.29, 0.717) is 16.1 Å². The summed E-state index contributed by atoms with van der Waals surface area (Å²) in [5.74, 6) is -3.37. The highest BCUT2D eigenvalue weighted by Gasteiger charge is 2.22. The van der Waals surface area contributed by atoms with Gasteiger partial charge in [-0.3, -0.25) is 9.59 Å². The van der Waals surface area contributed by atoms with Crippen molar-refractivity contribution < 1.29 is 23.5 Å². The van der Waals surface area contributed by atoms with Gasteiger partial charge >= 0.3 is 5.97 Å². The lowest BCUT2D eigenvalue weighted by Crippen LogP contribution is -2.32. The van der Waals surface area contributed by atoms with Crippen LogP contribution in [-0.4, -0.2) is 33.4 Å². The molecule has 0 aliphatic heterocycles. The van der Waals surface area contributed by atoms with E-state index in [4.69, 9.17) is 5.11 Å². The smallest absolute Gasteiger partial charge is 0.305 e. The second-order valence-corrected chi connectivity index (χ2v) is 6.97. The maximum atomic E-state index is 13.4. The van der Waals surface area contributed by atoms with Crippen LogP contribution in [0.4, 0.5) is 8.78 Å². The summed E-state index contributed by atoms with van der Waals surface area (Å²) >= 11 is 1.29. The molecular formula is C18H20F2N2O3S. The summed E-state index contributed by atoms with van der Waals surface area (Å²) in [6.45, 7) is 3.70. The van der Waals surface area contributed by atoms with Gasteiger partial charge in [0.05, 0.1) is 17.1 Å². The average molecular weight is 382 g/mol. The number of amides is 1. The summed E-state index contributed by atoms with van der Waals surface area (Å²) in [4.78, 5) is 30.0. The molecule has 5 nitrogen and oxygen atoms in total. The summed E-state index contributed by atoms with van der Waals surface area (Å²) in [6.07, 6.45) is 1.42. The Morgan fingerprint density at radius 3 is 2.62 bits per heavy atom. The Kier molecular flexibility index (Phi) is 6.79. The van der Waals surface area contributed by atoms with Crippen LogP contribution in [0.5, 0.6) is 0 Å². The Labute approximate surface area is 154 Å². The third kappa shape index (κ3) is 5.08. The van der Waals surface area contributed by atoms with Crippen molar-refractivity contribution in [3.8, 4) is 0 Å². The van der Waals surface area contributed by atoms with E-state index >= 15 is 0 Å². The molecule has 0 radical (unpaired) electrons. The molecule has 1 heterocycles. The van der Waals surface area contributed by atoms with Gasteiger partial charge in [-0.1, -0.05) is 13.0 Å². The number of rotatable bonds is 8. The van der Waals surface area contributed by atoms with Gasteiger partial charge < -0.3 is 10.0 Å². The fourth-order valence-corrected chi connectivity index (χ4v) is 3.59. The Hall–Kier alpha value is -2.35. The number of aromatic nitrogens is 1. The van der Waals surface area contributed by atoms with Gasteiger partial charge in [-0.25, -0.2) is 13.8 Å². The topological polar surface area (TPSA) is 70.5 Å². The number of aryl methyl sites for hydroxylation is 2. The van der Waals surface area contributed by atoms with Crippen LogP contribution in [0, 0.1) is 18.6 Å². The van der Waals surface area contributed by atoms with Crippen molar-refractivity contribution in [2.45, 2.75) is 39.7 Å². The van der Waals surface area contributed by atoms with Gasteiger partial charge in [0.15, 0.2) is 11.6 Å². The van der Waals surface area contributed by atoms with Gasteiger partial charge in [-0.2, -0.15) is 0 Å². The van der Waals surface area contributed by atoms with Crippen LogP contribution in [-0.2, 0) is 17.8 Å². The fourth-order valence-electron chi connectivity index (χ4n) is 2.46. The van der Waals surface area contributed by atoms with E-state index in [1.54, 1.807) is 6.92 Å². The second kappa shape index (κ2) is 8.84. The third-order valence-electron chi connectivity index (χ3n) is 3.74. The van der Waals surface area contributed by atoms with Crippen molar-refractivity contribution in [1.29, 1.82) is 0 Å². The summed E-state index contributed by atoms with van der Waals surface area (Å²) in [5, 5.41) is 9.78. The molecule has 0 aliphatic carbocycles. The summed E-state index contributed by atoms with van der Waals surface area (Å²) in [7, 11) is 0. The Bertz CT molecular complexity index is 808. The van der Waals surface area contributed by atoms with Crippen molar-refractivity contribution in [1.82, 2.24) is 9.88 Å². The van der Waals surface area contributed by atoms with Crippen LogP contribution in [0.1, 0.15) is 45.7 Å². The van der Waals surface area contributed by atoms with Gasteiger partial charge in [0.2, 0.25) is 0 Å². The van der Waals surface area contributed by atoms with Crippen LogP contribution < -0.4 is 0 Å². The molecule has 0 atom stereocenters. The molecule has 0 unspecified atom stereocenters. The molecule has 0 fully saturated rings. The Morgan fingerprint density at radius 1 is 1.27 bits per heavy atom. The van der Waals surface area contributed by atoms with Crippen molar-refractivity contribution in [3.63, 3.8) is 0 Å². The SMILES string of the molecule is CCCc1nc(C)c(C(=O)N(CCC(=O)O)Cc2ccc(F)c(F)c2)s1. The molecule has 1 N–H and O–H groups in total. The molecule has 0 aliphatic rings. The molecule has 0 bridgehead atoms. The molecule has 1 aromatic heterocycles. The first kappa shape index (κ1) is 20.0. The van der Waals surface area contributed by atoms with Gasteiger partial charge in [0.1, 0.15) is 4.88 Å². The Morgan fingerprint density at radius 2 is 2.00 bits per heavy atom. The molecule has 2 aromatic rings. The van der Waals surface area contributed by atoms with E-state index in [2.05, 4.69) is 4.98 Å². The number of aliphatic carboxylic acids is 1. The molecule has 0 saturated heterocycles. The molecular weight excluding hydrogens is 362 g/mol. The van der Waals surface area contributed by atoms with Crippen LogP contribution in [0.25, 0.3) is 0 Å². The predicted octanol–water partition coefficient (Wildman–Crippen LogP) is 3.80. The molecule has 26 heavy (non-hydrogen) atoms. The lowest BCUT2D eigenvalue weighted by atomic mass is 10.2. The van der Waals surface area contributed by atoms with Gasteiger partial charge in [0, 0.05) is 13.1 Å². The highest BCUT2D eigenvalue weighted by molar-refractivity contribution is 7.13. The van der Waals surface area contributed by atoms with E-state index in [1.807, 2.05) is 6.92 Å². The monoisotopic (exact) mass is 382 g/mol. The molecule has 0 spiro atoms. The number of nitrogens with zero attached hydrogens (tertiary/aromatic N) is 2. The lowest BCUT2D eigenvalue weighted by molar-refractivity contribution is -0.137. The second-order valence-electron chi connectivity index (χ2n) is 5.89. The van der Waals surface area contributed by atoms with E-state index in [-0.39, 0.29) is 25.4 Å². The first-order valence-corrected chi connectivity index (χ1v) is 9.04.